The largest absolute Gasteiger partial charge is 0.497 e. The molecule has 4 aromatic carbocycles. The molecule has 1 N–H and O–H groups in total. The number of carbonyl (C=O) groups is 2. The molecule has 11 heteroatoms. The molecule has 0 aliphatic carbocycles. The maximum atomic E-state index is 14.6. The molecule has 0 fully saturated rings. The molecular weight excluding hydrogens is 657 g/mol. The number of ether oxygens (including phenoxy) is 1. The number of hydrogen-bond donors (Lipinski definition) is 1. The first kappa shape index (κ1) is 35.8. The summed E-state index contributed by atoms with van der Waals surface area (Å²) in [6.07, 6.45) is 1.80. The summed E-state index contributed by atoms with van der Waals surface area (Å²) in [6.45, 7) is 3.55. The Morgan fingerprint density at radius 3 is 2.19 bits per heavy atom. The highest BCUT2D eigenvalue weighted by Gasteiger charge is 2.35. The molecule has 248 valence electrons. The molecule has 8 nitrogen and oxygen atoms in total. The molecule has 4 aromatic rings. The first-order valence-electron chi connectivity index (χ1n) is 15.3. The Kier molecular flexibility index (Phi) is 12.7. The summed E-state index contributed by atoms with van der Waals surface area (Å²) in [5.74, 6) is -0.574. The first-order chi connectivity index (χ1) is 22.5. The molecule has 47 heavy (non-hydrogen) atoms. The van der Waals surface area contributed by atoms with Crippen molar-refractivity contribution in [3.05, 3.63) is 124 Å². The smallest absolute Gasteiger partial charge is 0.264 e. The normalized spacial score (nSPS) is 11.9. The monoisotopic (exact) mass is 695 g/mol. The molecule has 0 aromatic heterocycles. The van der Waals surface area contributed by atoms with E-state index in [4.69, 9.17) is 27.9 Å². The Balaban J connectivity index is 1.83. The molecule has 0 spiro atoms. The minimum absolute atomic E-state index is 0.0116. The van der Waals surface area contributed by atoms with Crippen molar-refractivity contribution in [3.63, 3.8) is 0 Å². The summed E-state index contributed by atoms with van der Waals surface area (Å²) < 4.78 is 34.9. The number of anilines is 1. The van der Waals surface area contributed by atoms with Crippen molar-refractivity contribution < 1.29 is 22.7 Å². The van der Waals surface area contributed by atoms with Crippen LogP contribution in [0.3, 0.4) is 0 Å². The number of rotatable bonds is 15. The zero-order valence-electron chi connectivity index (χ0n) is 26.7. The second-order valence-corrected chi connectivity index (χ2v) is 13.8. The Bertz CT molecular complexity index is 1750. The van der Waals surface area contributed by atoms with Crippen molar-refractivity contribution in [1.29, 1.82) is 0 Å². The molecule has 0 saturated heterocycles. The summed E-state index contributed by atoms with van der Waals surface area (Å²) >= 11 is 13.2. The third kappa shape index (κ3) is 9.28. The predicted octanol–water partition coefficient (Wildman–Crippen LogP) is 7.06. The van der Waals surface area contributed by atoms with Gasteiger partial charge in [0.15, 0.2) is 0 Å². The number of sulfonamides is 1. The third-order valence-electron chi connectivity index (χ3n) is 7.72. The molecule has 1 atom stereocenters. The number of amides is 2. The number of nitrogens with one attached hydrogen (secondary N) is 1. The van der Waals surface area contributed by atoms with Crippen molar-refractivity contribution in [2.24, 2.45) is 0 Å². The van der Waals surface area contributed by atoms with E-state index in [1.807, 2.05) is 44.2 Å². The highest BCUT2D eigenvalue weighted by molar-refractivity contribution is 7.92. The van der Waals surface area contributed by atoms with E-state index < -0.39 is 28.5 Å². The zero-order valence-corrected chi connectivity index (χ0v) is 29.0. The average molecular weight is 697 g/mol. The van der Waals surface area contributed by atoms with Crippen LogP contribution in [0.1, 0.15) is 36.5 Å². The van der Waals surface area contributed by atoms with E-state index in [9.17, 15) is 18.0 Å². The Morgan fingerprint density at radius 2 is 1.55 bits per heavy atom. The van der Waals surface area contributed by atoms with Crippen LogP contribution in [-0.2, 0) is 32.6 Å². The van der Waals surface area contributed by atoms with Gasteiger partial charge in [0.1, 0.15) is 18.3 Å². The van der Waals surface area contributed by atoms with E-state index >= 15 is 0 Å². The fourth-order valence-electron chi connectivity index (χ4n) is 5.05. The van der Waals surface area contributed by atoms with Crippen LogP contribution in [0.2, 0.25) is 10.0 Å². The van der Waals surface area contributed by atoms with Crippen LogP contribution in [0, 0.1) is 6.92 Å². The molecule has 0 unspecified atom stereocenters. The lowest BCUT2D eigenvalue weighted by atomic mass is 10.0. The van der Waals surface area contributed by atoms with E-state index in [1.54, 1.807) is 54.6 Å². The van der Waals surface area contributed by atoms with Gasteiger partial charge in [-0.1, -0.05) is 96.7 Å². The van der Waals surface area contributed by atoms with Crippen LogP contribution in [0.4, 0.5) is 5.69 Å². The van der Waals surface area contributed by atoms with Gasteiger partial charge < -0.3 is 15.0 Å². The average Bonchev–Trinajstić information content (AvgIpc) is 3.07. The van der Waals surface area contributed by atoms with Gasteiger partial charge in [-0.15, -0.1) is 0 Å². The lowest BCUT2D eigenvalue weighted by Crippen LogP contribution is -2.53. The lowest BCUT2D eigenvalue weighted by Gasteiger charge is -2.34. The number of methoxy groups -OCH3 is 1. The third-order valence-corrected chi connectivity index (χ3v) is 10.2. The molecule has 0 saturated carbocycles. The van der Waals surface area contributed by atoms with E-state index in [0.29, 0.717) is 27.9 Å². The topological polar surface area (TPSA) is 96.0 Å². The first-order valence-corrected chi connectivity index (χ1v) is 17.5. The van der Waals surface area contributed by atoms with Crippen LogP contribution in [0.5, 0.6) is 5.75 Å². The molecule has 0 aliphatic rings. The molecule has 0 heterocycles. The number of aryl methyl sites for hydroxylation is 1. The summed E-state index contributed by atoms with van der Waals surface area (Å²) in [5.41, 5.74) is 2.37. The van der Waals surface area contributed by atoms with E-state index in [-0.39, 0.29) is 29.5 Å². The fourth-order valence-corrected chi connectivity index (χ4v) is 6.97. The van der Waals surface area contributed by atoms with Gasteiger partial charge in [0.25, 0.3) is 10.0 Å². The Labute approximate surface area is 287 Å². The van der Waals surface area contributed by atoms with Crippen LogP contribution < -0.4 is 14.4 Å². The van der Waals surface area contributed by atoms with Crippen molar-refractivity contribution in [1.82, 2.24) is 10.2 Å². The van der Waals surface area contributed by atoms with Crippen molar-refractivity contribution in [2.75, 3.05) is 24.5 Å². The molecule has 2 amide bonds. The van der Waals surface area contributed by atoms with Crippen LogP contribution in [0.25, 0.3) is 0 Å². The lowest BCUT2D eigenvalue weighted by molar-refractivity contribution is -0.140. The maximum Gasteiger partial charge on any atom is 0.264 e. The number of unbranched alkanes of at least 4 members (excludes halogenated alkanes) is 1. The number of hydrogen-bond acceptors (Lipinski definition) is 5. The fraction of sp³-hybridized carbons (Fsp3) is 0.278. The molecule has 0 radical (unpaired) electrons. The second kappa shape index (κ2) is 16.7. The number of benzene rings is 4. The number of halogens is 2. The zero-order chi connectivity index (χ0) is 34.0. The summed E-state index contributed by atoms with van der Waals surface area (Å²) in [6, 6.07) is 26.2. The number of nitrogens with zero attached hydrogens (tertiary/aromatic N) is 2. The van der Waals surface area contributed by atoms with Crippen molar-refractivity contribution in [2.45, 2.75) is 50.6 Å². The van der Waals surface area contributed by atoms with E-state index in [2.05, 4.69) is 5.32 Å². The van der Waals surface area contributed by atoms with Gasteiger partial charge in [-0.3, -0.25) is 13.9 Å². The van der Waals surface area contributed by atoms with Gasteiger partial charge >= 0.3 is 0 Å². The van der Waals surface area contributed by atoms with Crippen molar-refractivity contribution in [3.8, 4) is 5.75 Å². The van der Waals surface area contributed by atoms with Crippen LogP contribution in [-0.4, -0.2) is 51.4 Å². The molecular formula is C36H39Cl2N3O5S. The Morgan fingerprint density at radius 1 is 0.894 bits per heavy atom. The predicted molar refractivity (Wildman–Crippen MR) is 188 cm³/mol. The summed E-state index contributed by atoms with van der Waals surface area (Å²) in [4.78, 5) is 29.9. The van der Waals surface area contributed by atoms with Gasteiger partial charge in [0.2, 0.25) is 11.8 Å². The van der Waals surface area contributed by atoms with Crippen LogP contribution >= 0.6 is 23.2 Å². The quantitative estimate of drug-likeness (QED) is 0.134. The van der Waals surface area contributed by atoms with Gasteiger partial charge in [-0.2, -0.15) is 0 Å². The molecule has 4 rings (SSSR count). The highest BCUT2D eigenvalue weighted by atomic mass is 35.5. The van der Waals surface area contributed by atoms with E-state index in [0.717, 1.165) is 28.3 Å². The number of carbonyl (C=O) groups excluding carboxylic acids is 2. The Hall–Kier alpha value is -4.05. The molecule has 0 aliphatic heterocycles. The van der Waals surface area contributed by atoms with Gasteiger partial charge in [0.05, 0.1) is 17.7 Å². The van der Waals surface area contributed by atoms with Crippen molar-refractivity contribution >= 4 is 50.7 Å². The second-order valence-electron chi connectivity index (χ2n) is 11.1. The maximum absolute atomic E-state index is 14.6. The van der Waals surface area contributed by atoms with Gasteiger partial charge in [-0.25, -0.2) is 8.42 Å². The highest BCUT2D eigenvalue weighted by Crippen LogP contribution is 2.30. The summed E-state index contributed by atoms with van der Waals surface area (Å²) in [7, 11) is -2.78. The van der Waals surface area contributed by atoms with Crippen LogP contribution in [0.15, 0.2) is 102 Å². The van der Waals surface area contributed by atoms with Gasteiger partial charge in [-0.05, 0) is 55.3 Å². The summed E-state index contributed by atoms with van der Waals surface area (Å²) in [5, 5.41) is 3.60. The minimum Gasteiger partial charge on any atom is -0.497 e. The standard InChI is InChI=1S/C36H39Cl2N3O5S/c1-4-5-21-39-36(43)34(22-27-11-7-6-8-12-27)40(24-31-32(37)15-10-16-33(31)38)35(42)25-41(28-13-9-14-29(23-28)46-3)47(44,45)30-19-17-26(2)18-20-30/h6-20,23,34H,4-5,21-22,24-25H2,1-3H3,(H,39,43)/t34-/m0/s1. The van der Waals surface area contributed by atoms with Gasteiger partial charge in [0, 0.05) is 41.2 Å². The molecule has 0 bridgehead atoms. The van der Waals surface area contributed by atoms with E-state index in [1.165, 1.54) is 24.1 Å². The minimum atomic E-state index is -4.26. The SMILES string of the molecule is CCCCNC(=O)[C@H](Cc1ccccc1)N(Cc1c(Cl)cccc1Cl)C(=O)CN(c1cccc(OC)c1)S(=O)(=O)c1ccc(C)cc1.